The van der Waals surface area contributed by atoms with Gasteiger partial charge >= 0.3 is 11.9 Å². The molecule has 1 rings (SSSR count). The zero-order valence-electron chi connectivity index (χ0n) is 13.1. The van der Waals surface area contributed by atoms with Crippen LogP contribution in [0.3, 0.4) is 0 Å². The van der Waals surface area contributed by atoms with E-state index >= 15 is 0 Å². The number of hydrogen-bond acceptors (Lipinski definition) is 5. The quantitative estimate of drug-likeness (QED) is 0.734. The molecule has 0 aromatic heterocycles. The molecule has 7 heteroatoms. The van der Waals surface area contributed by atoms with E-state index in [-0.39, 0.29) is 26.1 Å². The average Bonchev–Trinajstić information content (AvgIpc) is 2.52. The van der Waals surface area contributed by atoms with E-state index in [1.165, 1.54) is 0 Å². The van der Waals surface area contributed by atoms with Crippen LogP contribution < -0.4 is 5.32 Å². The standard InChI is InChI=1S/C16H20ClNO5/c1-3-22-14(19)10-9-13(16(21)23-4-2)18-15(20)11-5-7-12(17)8-6-11/h5-8,13H,3-4,9-10H2,1-2H3,(H,18,20). The van der Waals surface area contributed by atoms with Gasteiger partial charge in [0.05, 0.1) is 13.2 Å². The minimum Gasteiger partial charge on any atom is -0.466 e. The van der Waals surface area contributed by atoms with Gasteiger partial charge in [0.25, 0.3) is 5.91 Å². The fourth-order valence-corrected chi connectivity index (χ4v) is 1.96. The van der Waals surface area contributed by atoms with Gasteiger partial charge in [0.1, 0.15) is 6.04 Å². The highest BCUT2D eigenvalue weighted by molar-refractivity contribution is 6.30. The van der Waals surface area contributed by atoms with E-state index < -0.39 is 23.9 Å². The summed E-state index contributed by atoms with van der Waals surface area (Å²) >= 11 is 5.77. The first-order chi connectivity index (χ1) is 11.0. The van der Waals surface area contributed by atoms with Crippen molar-refractivity contribution in [2.24, 2.45) is 0 Å². The largest absolute Gasteiger partial charge is 0.466 e. The van der Waals surface area contributed by atoms with Crippen LogP contribution in [0.15, 0.2) is 24.3 Å². The summed E-state index contributed by atoms with van der Waals surface area (Å²) in [6, 6.07) is 5.34. The topological polar surface area (TPSA) is 81.7 Å². The van der Waals surface area contributed by atoms with Crippen molar-refractivity contribution in [3.63, 3.8) is 0 Å². The van der Waals surface area contributed by atoms with Crippen LogP contribution in [-0.2, 0) is 19.1 Å². The van der Waals surface area contributed by atoms with Gasteiger partial charge in [-0.2, -0.15) is 0 Å². The molecule has 0 saturated carbocycles. The van der Waals surface area contributed by atoms with Gasteiger partial charge in [-0.1, -0.05) is 11.6 Å². The fourth-order valence-electron chi connectivity index (χ4n) is 1.83. The molecule has 0 fully saturated rings. The number of rotatable bonds is 8. The molecule has 0 saturated heterocycles. The van der Waals surface area contributed by atoms with Crippen LogP contribution in [0.1, 0.15) is 37.0 Å². The Balaban J connectivity index is 2.71. The van der Waals surface area contributed by atoms with Crippen LogP contribution in [0.2, 0.25) is 5.02 Å². The number of halogens is 1. The Morgan fingerprint density at radius 2 is 1.70 bits per heavy atom. The molecule has 0 heterocycles. The Morgan fingerprint density at radius 3 is 2.26 bits per heavy atom. The molecule has 126 valence electrons. The molecule has 0 radical (unpaired) electrons. The normalized spacial score (nSPS) is 11.4. The predicted molar refractivity (Wildman–Crippen MR) is 85.2 cm³/mol. The van der Waals surface area contributed by atoms with Crippen molar-refractivity contribution >= 4 is 29.4 Å². The molecule has 0 aliphatic rings. The first-order valence-electron chi connectivity index (χ1n) is 7.36. The van der Waals surface area contributed by atoms with Gasteiger partial charge in [0.2, 0.25) is 0 Å². The smallest absolute Gasteiger partial charge is 0.328 e. The lowest BCUT2D eigenvalue weighted by molar-refractivity contribution is -0.146. The van der Waals surface area contributed by atoms with E-state index in [1.807, 2.05) is 0 Å². The second-order valence-electron chi connectivity index (χ2n) is 4.63. The zero-order valence-corrected chi connectivity index (χ0v) is 13.9. The molecular weight excluding hydrogens is 322 g/mol. The lowest BCUT2D eigenvalue weighted by Gasteiger charge is -2.17. The van der Waals surface area contributed by atoms with Crippen molar-refractivity contribution in [3.8, 4) is 0 Å². The number of hydrogen-bond donors (Lipinski definition) is 1. The lowest BCUT2D eigenvalue weighted by Crippen LogP contribution is -2.42. The highest BCUT2D eigenvalue weighted by atomic mass is 35.5. The van der Waals surface area contributed by atoms with Crippen LogP contribution in [0, 0.1) is 0 Å². The van der Waals surface area contributed by atoms with E-state index in [0.717, 1.165) is 0 Å². The molecule has 1 unspecified atom stereocenters. The molecular formula is C16H20ClNO5. The fraction of sp³-hybridized carbons (Fsp3) is 0.438. The monoisotopic (exact) mass is 341 g/mol. The minimum absolute atomic E-state index is 0.0121. The van der Waals surface area contributed by atoms with Crippen molar-refractivity contribution in [3.05, 3.63) is 34.9 Å². The third-order valence-corrected chi connectivity index (χ3v) is 3.18. The van der Waals surface area contributed by atoms with Gasteiger partial charge in [-0.3, -0.25) is 9.59 Å². The lowest BCUT2D eigenvalue weighted by atomic mass is 10.1. The molecule has 0 spiro atoms. The Hall–Kier alpha value is -2.08. The Bertz CT molecular complexity index is 544. The van der Waals surface area contributed by atoms with Crippen molar-refractivity contribution in [2.75, 3.05) is 13.2 Å². The molecule has 0 aliphatic heterocycles. The molecule has 1 atom stereocenters. The third-order valence-electron chi connectivity index (χ3n) is 2.93. The van der Waals surface area contributed by atoms with Crippen LogP contribution >= 0.6 is 11.6 Å². The SMILES string of the molecule is CCOC(=O)CCC(NC(=O)c1ccc(Cl)cc1)C(=O)OCC. The van der Waals surface area contributed by atoms with Crippen molar-refractivity contribution in [1.82, 2.24) is 5.32 Å². The minimum atomic E-state index is -0.914. The number of amides is 1. The maximum absolute atomic E-state index is 12.2. The number of ether oxygens (including phenoxy) is 2. The summed E-state index contributed by atoms with van der Waals surface area (Å²) in [5, 5.41) is 3.08. The van der Waals surface area contributed by atoms with Crippen LogP contribution in [0.25, 0.3) is 0 Å². The maximum Gasteiger partial charge on any atom is 0.328 e. The van der Waals surface area contributed by atoms with Gasteiger partial charge < -0.3 is 14.8 Å². The average molecular weight is 342 g/mol. The second-order valence-corrected chi connectivity index (χ2v) is 5.07. The zero-order chi connectivity index (χ0) is 17.2. The molecule has 0 bridgehead atoms. The highest BCUT2D eigenvalue weighted by Crippen LogP contribution is 2.10. The summed E-state index contributed by atoms with van der Waals surface area (Å²) in [5.41, 5.74) is 0.361. The van der Waals surface area contributed by atoms with Gasteiger partial charge in [-0.25, -0.2) is 4.79 Å². The van der Waals surface area contributed by atoms with Crippen LogP contribution in [0.5, 0.6) is 0 Å². The summed E-state index contributed by atoms with van der Waals surface area (Å²) in [4.78, 5) is 35.5. The second kappa shape index (κ2) is 9.84. The molecule has 1 N–H and O–H groups in total. The molecule has 1 amide bonds. The van der Waals surface area contributed by atoms with Gasteiger partial charge in [0.15, 0.2) is 0 Å². The van der Waals surface area contributed by atoms with Gasteiger partial charge in [-0.15, -0.1) is 0 Å². The van der Waals surface area contributed by atoms with E-state index in [9.17, 15) is 14.4 Å². The molecule has 23 heavy (non-hydrogen) atoms. The molecule has 1 aromatic rings. The summed E-state index contributed by atoms with van der Waals surface area (Å²) < 4.78 is 9.74. The first kappa shape index (κ1) is 19.0. The van der Waals surface area contributed by atoms with Crippen molar-refractivity contribution in [1.29, 1.82) is 0 Å². The maximum atomic E-state index is 12.2. The van der Waals surface area contributed by atoms with E-state index in [0.29, 0.717) is 10.6 Å². The summed E-state index contributed by atoms with van der Waals surface area (Å²) in [7, 11) is 0. The van der Waals surface area contributed by atoms with Crippen LogP contribution in [-0.4, -0.2) is 37.1 Å². The number of carbonyl (C=O) groups excluding carboxylic acids is 3. The van der Waals surface area contributed by atoms with Crippen molar-refractivity contribution in [2.45, 2.75) is 32.7 Å². The van der Waals surface area contributed by atoms with E-state index in [4.69, 9.17) is 21.1 Å². The third kappa shape index (κ3) is 6.69. The molecule has 1 aromatic carbocycles. The number of nitrogens with one attached hydrogen (secondary N) is 1. The summed E-state index contributed by atoms with van der Waals surface area (Å²) in [6.45, 7) is 3.82. The summed E-state index contributed by atoms with van der Waals surface area (Å²) in [5.74, 6) is -1.45. The Labute approximate surface area is 140 Å². The highest BCUT2D eigenvalue weighted by Gasteiger charge is 2.23. The van der Waals surface area contributed by atoms with Gasteiger partial charge in [0, 0.05) is 17.0 Å². The number of esters is 2. The number of benzene rings is 1. The van der Waals surface area contributed by atoms with Crippen molar-refractivity contribution < 1.29 is 23.9 Å². The van der Waals surface area contributed by atoms with Gasteiger partial charge in [-0.05, 0) is 44.5 Å². The van der Waals surface area contributed by atoms with E-state index in [1.54, 1.807) is 38.1 Å². The first-order valence-corrected chi connectivity index (χ1v) is 7.74. The van der Waals surface area contributed by atoms with Crippen LogP contribution in [0.4, 0.5) is 0 Å². The number of carbonyl (C=O) groups is 3. The molecule has 6 nitrogen and oxygen atoms in total. The molecule has 0 aliphatic carbocycles. The Kier molecular flexibility index (Phi) is 8.11. The Morgan fingerprint density at radius 1 is 1.09 bits per heavy atom. The predicted octanol–water partition coefficient (Wildman–Crippen LogP) is 2.34. The summed E-state index contributed by atoms with van der Waals surface area (Å²) in [6.07, 6.45) is 0.120. The van der Waals surface area contributed by atoms with E-state index in [2.05, 4.69) is 5.32 Å².